The molecule has 72 valence electrons. The zero-order valence-corrected chi connectivity index (χ0v) is 7.98. The summed E-state index contributed by atoms with van der Waals surface area (Å²) in [7, 11) is 0. The molecule has 1 N–H and O–H groups in total. The fraction of sp³-hybridized carbons (Fsp3) is 0. The molecular weight excluding hydrogens is 202 g/mol. The topological polar surface area (TPSA) is 63.6 Å². The molecule has 0 aliphatic heterocycles. The fourth-order valence-electron chi connectivity index (χ4n) is 0.860. The number of anilines is 2. The van der Waals surface area contributed by atoms with Crippen molar-refractivity contribution in [3.63, 3.8) is 0 Å². The lowest BCUT2D eigenvalue weighted by Crippen LogP contribution is -1.95. The molecule has 0 spiro atoms. The number of hydrogen-bond donors (Lipinski definition) is 1. The van der Waals surface area contributed by atoms with Gasteiger partial charge >= 0.3 is 0 Å². The Bertz CT molecular complexity index is 329. The summed E-state index contributed by atoms with van der Waals surface area (Å²) in [4.78, 5) is 15.6. The number of aromatic nitrogens is 4. The molecule has 0 saturated carbocycles. The van der Waals surface area contributed by atoms with Crippen LogP contribution in [0.5, 0.6) is 0 Å². The van der Waals surface area contributed by atoms with E-state index in [-0.39, 0.29) is 12.4 Å². The number of hydrogen-bond acceptors (Lipinski definition) is 5. The highest BCUT2D eigenvalue weighted by Crippen LogP contribution is 2.07. The van der Waals surface area contributed by atoms with Crippen LogP contribution in [0.4, 0.5) is 11.6 Å². The Morgan fingerprint density at radius 2 is 1.36 bits per heavy atom. The summed E-state index contributed by atoms with van der Waals surface area (Å²) in [5.41, 5.74) is 0. The van der Waals surface area contributed by atoms with Gasteiger partial charge in [0.25, 0.3) is 0 Å². The molecular formula is C8H8ClN5. The minimum atomic E-state index is 0. The van der Waals surface area contributed by atoms with Crippen molar-refractivity contribution in [2.24, 2.45) is 0 Å². The molecule has 5 nitrogen and oxygen atoms in total. The van der Waals surface area contributed by atoms with Gasteiger partial charge < -0.3 is 5.32 Å². The first-order valence-electron chi connectivity index (χ1n) is 3.74. The van der Waals surface area contributed by atoms with Crippen molar-refractivity contribution in [1.82, 2.24) is 19.9 Å². The summed E-state index contributed by atoms with van der Waals surface area (Å²) in [6.07, 6.45) is 6.28. The average molecular weight is 210 g/mol. The lowest BCUT2D eigenvalue weighted by Gasteiger charge is -2.01. The van der Waals surface area contributed by atoms with Gasteiger partial charge in [-0.25, -0.2) is 19.9 Å². The highest BCUT2D eigenvalue weighted by Gasteiger charge is 1.93. The van der Waals surface area contributed by atoms with Gasteiger partial charge in [0.1, 0.15) is 24.3 Å². The van der Waals surface area contributed by atoms with E-state index in [4.69, 9.17) is 0 Å². The minimum Gasteiger partial charge on any atom is -0.325 e. The zero-order valence-electron chi connectivity index (χ0n) is 7.16. The number of rotatable bonds is 2. The van der Waals surface area contributed by atoms with Crippen LogP contribution in [0.3, 0.4) is 0 Å². The highest BCUT2D eigenvalue weighted by molar-refractivity contribution is 5.85. The fourth-order valence-corrected chi connectivity index (χ4v) is 0.860. The maximum absolute atomic E-state index is 3.99. The molecule has 0 amide bonds. The molecule has 2 rings (SSSR count). The second-order valence-corrected chi connectivity index (χ2v) is 2.31. The largest absolute Gasteiger partial charge is 0.325 e. The molecule has 2 heterocycles. The molecule has 0 atom stereocenters. The number of halogens is 1. The average Bonchev–Trinajstić information content (AvgIpc) is 2.21. The van der Waals surface area contributed by atoms with Crippen LogP contribution in [0.15, 0.2) is 37.2 Å². The maximum Gasteiger partial charge on any atom is 0.134 e. The predicted octanol–water partition coefficient (Wildman–Crippen LogP) is 1.43. The summed E-state index contributed by atoms with van der Waals surface area (Å²) in [5, 5.41) is 3.00. The molecule has 0 unspecified atom stereocenters. The Labute approximate surface area is 87.1 Å². The molecule has 2 aromatic rings. The van der Waals surface area contributed by atoms with Crippen LogP contribution in [-0.4, -0.2) is 19.9 Å². The minimum absolute atomic E-state index is 0. The van der Waals surface area contributed by atoms with E-state index in [1.165, 1.54) is 12.7 Å². The number of nitrogens with zero attached hydrogens (tertiary/aromatic N) is 4. The Morgan fingerprint density at radius 1 is 0.857 bits per heavy atom. The van der Waals surface area contributed by atoms with Gasteiger partial charge in [0, 0.05) is 12.4 Å². The predicted molar refractivity (Wildman–Crippen MR) is 54.6 cm³/mol. The quantitative estimate of drug-likeness (QED) is 0.811. The molecule has 0 saturated heterocycles. The van der Waals surface area contributed by atoms with Crippen molar-refractivity contribution in [1.29, 1.82) is 0 Å². The van der Waals surface area contributed by atoms with Gasteiger partial charge in [0.2, 0.25) is 0 Å². The van der Waals surface area contributed by atoms with Crippen LogP contribution < -0.4 is 5.32 Å². The zero-order chi connectivity index (χ0) is 8.93. The smallest absolute Gasteiger partial charge is 0.134 e. The van der Waals surface area contributed by atoms with Crippen molar-refractivity contribution in [3.8, 4) is 0 Å². The molecule has 0 bridgehead atoms. The van der Waals surface area contributed by atoms with Crippen molar-refractivity contribution in [2.45, 2.75) is 0 Å². The molecule has 0 fully saturated rings. The van der Waals surface area contributed by atoms with Crippen LogP contribution in [0.25, 0.3) is 0 Å². The van der Waals surface area contributed by atoms with Gasteiger partial charge in [-0.1, -0.05) is 0 Å². The first-order chi connectivity index (χ1) is 6.45. The summed E-state index contributed by atoms with van der Waals surface area (Å²) < 4.78 is 0. The Balaban J connectivity index is 0.000000980. The van der Waals surface area contributed by atoms with Crippen LogP contribution in [0, 0.1) is 0 Å². The molecule has 0 aliphatic rings. The Kier molecular flexibility index (Phi) is 3.75. The molecule has 2 aromatic heterocycles. The van der Waals surface area contributed by atoms with Crippen LogP contribution in [-0.2, 0) is 0 Å². The van der Waals surface area contributed by atoms with E-state index in [2.05, 4.69) is 25.3 Å². The third kappa shape index (κ3) is 2.63. The van der Waals surface area contributed by atoms with Crippen LogP contribution >= 0.6 is 12.4 Å². The Hall–Kier alpha value is -1.75. The maximum atomic E-state index is 3.99. The van der Waals surface area contributed by atoms with Gasteiger partial charge in [-0.05, 0) is 12.1 Å². The molecule has 14 heavy (non-hydrogen) atoms. The summed E-state index contributed by atoms with van der Waals surface area (Å²) >= 11 is 0. The van der Waals surface area contributed by atoms with E-state index in [0.29, 0.717) is 11.6 Å². The molecule has 6 heteroatoms. The normalized spacial score (nSPS) is 8.86. The molecule has 0 aliphatic carbocycles. The van der Waals surface area contributed by atoms with Gasteiger partial charge in [-0.2, -0.15) is 0 Å². The molecule has 0 aromatic carbocycles. The second kappa shape index (κ2) is 5.08. The van der Waals surface area contributed by atoms with Gasteiger partial charge in [-0.3, -0.25) is 0 Å². The summed E-state index contributed by atoms with van der Waals surface area (Å²) in [5.74, 6) is 1.43. The standard InChI is InChI=1S/C8H7N5.ClH/c1-3-9-5-11-7(1)13-8-2-4-10-6-12-8;/h1-6H,(H,9,10,11,12,13);1H. The van der Waals surface area contributed by atoms with Gasteiger partial charge in [0.05, 0.1) is 0 Å². The SMILES string of the molecule is Cl.c1cc(Nc2ccncn2)ncn1. The van der Waals surface area contributed by atoms with Crippen molar-refractivity contribution >= 4 is 24.0 Å². The highest BCUT2D eigenvalue weighted by atomic mass is 35.5. The third-order valence-electron chi connectivity index (χ3n) is 1.42. The van der Waals surface area contributed by atoms with E-state index < -0.39 is 0 Å². The summed E-state index contributed by atoms with van der Waals surface area (Å²) in [6, 6.07) is 3.53. The van der Waals surface area contributed by atoms with Crippen LogP contribution in [0.2, 0.25) is 0 Å². The lowest BCUT2D eigenvalue weighted by molar-refractivity contribution is 1.13. The Morgan fingerprint density at radius 3 is 1.71 bits per heavy atom. The van der Waals surface area contributed by atoms with Gasteiger partial charge in [0.15, 0.2) is 0 Å². The van der Waals surface area contributed by atoms with Crippen LogP contribution in [0.1, 0.15) is 0 Å². The van der Waals surface area contributed by atoms with E-state index >= 15 is 0 Å². The monoisotopic (exact) mass is 209 g/mol. The van der Waals surface area contributed by atoms with Crippen molar-refractivity contribution in [2.75, 3.05) is 5.32 Å². The third-order valence-corrected chi connectivity index (χ3v) is 1.42. The van der Waals surface area contributed by atoms with Crippen molar-refractivity contribution in [3.05, 3.63) is 37.2 Å². The lowest BCUT2D eigenvalue weighted by atomic mass is 10.5. The van der Waals surface area contributed by atoms with Crippen molar-refractivity contribution < 1.29 is 0 Å². The van der Waals surface area contributed by atoms with E-state index in [0.717, 1.165) is 0 Å². The first kappa shape index (κ1) is 10.3. The first-order valence-corrected chi connectivity index (χ1v) is 3.74. The van der Waals surface area contributed by atoms with E-state index in [1.54, 1.807) is 24.5 Å². The number of nitrogens with one attached hydrogen (secondary N) is 1. The molecule has 0 radical (unpaired) electrons. The second-order valence-electron chi connectivity index (χ2n) is 2.31. The van der Waals surface area contributed by atoms with Gasteiger partial charge in [-0.15, -0.1) is 12.4 Å². The summed E-state index contributed by atoms with van der Waals surface area (Å²) in [6.45, 7) is 0. The van der Waals surface area contributed by atoms with E-state index in [9.17, 15) is 0 Å². The van der Waals surface area contributed by atoms with E-state index in [1.807, 2.05) is 0 Å².